The standard InChI is InChI=1S/C12H24N2O/c1-8(2)5-11(13)12(15)14-7-9(3)6-10(14)4/h8-11H,5-7,13H2,1-4H3/t9?,10?,11-/m1/s1. The van der Waals surface area contributed by atoms with Crippen molar-refractivity contribution < 1.29 is 4.79 Å². The molecule has 3 nitrogen and oxygen atoms in total. The molecule has 3 atom stereocenters. The first-order valence-corrected chi connectivity index (χ1v) is 5.97. The quantitative estimate of drug-likeness (QED) is 0.772. The highest BCUT2D eigenvalue weighted by atomic mass is 16.2. The van der Waals surface area contributed by atoms with Gasteiger partial charge in [-0.15, -0.1) is 0 Å². The van der Waals surface area contributed by atoms with E-state index in [1.165, 1.54) is 0 Å². The number of hydrogen-bond acceptors (Lipinski definition) is 2. The Hall–Kier alpha value is -0.570. The Morgan fingerprint density at radius 2 is 2.07 bits per heavy atom. The van der Waals surface area contributed by atoms with E-state index < -0.39 is 0 Å². The highest BCUT2D eigenvalue weighted by Gasteiger charge is 2.32. The van der Waals surface area contributed by atoms with Gasteiger partial charge >= 0.3 is 0 Å². The zero-order chi connectivity index (χ0) is 11.6. The third kappa shape index (κ3) is 3.20. The molecule has 3 heteroatoms. The van der Waals surface area contributed by atoms with Crippen molar-refractivity contribution in [1.29, 1.82) is 0 Å². The maximum absolute atomic E-state index is 12.0. The predicted molar refractivity (Wildman–Crippen MR) is 62.4 cm³/mol. The van der Waals surface area contributed by atoms with Gasteiger partial charge in [-0.25, -0.2) is 0 Å². The van der Waals surface area contributed by atoms with E-state index in [-0.39, 0.29) is 11.9 Å². The Labute approximate surface area is 93.0 Å². The fraction of sp³-hybridized carbons (Fsp3) is 0.917. The molecular weight excluding hydrogens is 188 g/mol. The number of carbonyl (C=O) groups excluding carboxylic acids is 1. The van der Waals surface area contributed by atoms with Gasteiger partial charge in [-0.1, -0.05) is 20.8 Å². The summed E-state index contributed by atoms with van der Waals surface area (Å²) in [6.07, 6.45) is 1.90. The fourth-order valence-corrected chi connectivity index (χ4v) is 2.43. The fourth-order valence-electron chi connectivity index (χ4n) is 2.43. The number of likely N-dealkylation sites (tertiary alicyclic amines) is 1. The van der Waals surface area contributed by atoms with Gasteiger partial charge in [0.2, 0.25) is 5.91 Å². The van der Waals surface area contributed by atoms with Gasteiger partial charge in [0.1, 0.15) is 0 Å². The van der Waals surface area contributed by atoms with Gasteiger partial charge < -0.3 is 10.6 Å². The third-order valence-corrected chi connectivity index (χ3v) is 3.11. The molecule has 0 radical (unpaired) electrons. The van der Waals surface area contributed by atoms with Crippen molar-refractivity contribution in [2.75, 3.05) is 6.54 Å². The molecule has 0 spiro atoms. The van der Waals surface area contributed by atoms with Crippen LogP contribution in [-0.2, 0) is 4.79 Å². The molecule has 0 aromatic rings. The van der Waals surface area contributed by atoms with E-state index in [1.807, 2.05) is 4.90 Å². The smallest absolute Gasteiger partial charge is 0.239 e. The van der Waals surface area contributed by atoms with Crippen LogP contribution < -0.4 is 5.73 Å². The summed E-state index contributed by atoms with van der Waals surface area (Å²) in [7, 11) is 0. The molecule has 0 aliphatic carbocycles. The lowest BCUT2D eigenvalue weighted by molar-refractivity contribution is -0.133. The second-order valence-electron chi connectivity index (χ2n) is 5.42. The van der Waals surface area contributed by atoms with Gasteiger partial charge in [-0.05, 0) is 31.6 Å². The Morgan fingerprint density at radius 1 is 1.47 bits per heavy atom. The van der Waals surface area contributed by atoms with Gasteiger partial charge in [-0.2, -0.15) is 0 Å². The molecule has 1 aliphatic rings. The Bertz CT molecular complexity index is 228. The number of nitrogens with two attached hydrogens (primary N) is 1. The minimum atomic E-state index is -0.308. The van der Waals surface area contributed by atoms with Crippen LogP contribution in [0.1, 0.15) is 40.5 Å². The molecular formula is C12H24N2O. The van der Waals surface area contributed by atoms with Gasteiger partial charge in [0.05, 0.1) is 6.04 Å². The molecule has 1 aliphatic heterocycles. The molecule has 1 fully saturated rings. The van der Waals surface area contributed by atoms with Gasteiger partial charge in [0.15, 0.2) is 0 Å². The zero-order valence-electron chi connectivity index (χ0n) is 10.4. The van der Waals surface area contributed by atoms with Crippen molar-refractivity contribution in [1.82, 2.24) is 4.90 Å². The maximum atomic E-state index is 12.0. The molecule has 88 valence electrons. The van der Waals surface area contributed by atoms with Crippen LogP contribution in [0.5, 0.6) is 0 Å². The van der Waals surface area contributed by atoms with Crippen LogP contribution in [0.15, 0.2) is 0 Å². The minimum Gasteiger partial charge on any atom is -0.338 e. The Kier molecular flexibility index (Phi) is 4.14. The first-order valence-electron chi connectivity index (χ1n) is 5.97. The highest BCUT2D eigenvalue weighted by Crippen LogP contribution is 2.23. The van der Waals surface area contributed by atoms with Crippen molar-refractivity contribution >= 4 is 5.91 Å². The van der Waals surface area contributed by atoms with Crippen LogP contribution in [0.25, 0.3) is 0 Å². The molecule has 2 unspecified atom stereocenters. The van der Waals surface area contributed by atoms with Crippen LogP contribution in [-0.4, -0.2) is 29.4 Å². The van der Waals surface area contributed by atoms with E-state index in [2.05, 4.69) is 27.7 Å². The lowest BCUT2D eigenvalue weighted by Gasteiger charge is -2.25. The lowest BCUT2D eigenvalue weighted by atomic mass is 10.0. The lowest BCUT2D eigenvalue weighted by Crippen LogP contribution is -2.45. The molecule has 0 bridgehead atoms. The summed E-state index contributed by atoms with van der Waals surface area (Å²) in [5.41, 5.74) is 5.91. The predicted octanol–water partition coefficient (Wildman–Crippen LogP) is 1.62. The second-order valence-corrected chi connectivity index (χ2v) is 5.42. The molecule has 1 rings (SSSR count). The van der Waals surface area contributed by atoms with Crippen molar-refractivity contribution in [3.05, 3.63) is 0 Å². The van der Waals surface area contributed by atoms with Crippen molar-refractivity contribution in [2.45, 2.75) is 52.6 Å². The molecule has 0 aromatic carbocycles. The van der Waals surface area contributed by atoms with Crippen LogP contribution in [0.2, 0.25) is 0 Å². The molecule has 1 amide bonds. The van der Waals surface area contributed by atoms with Crippen LogP contribution in [0.3, 0.4) is 0 Å². The van der Waals surface area contributed by atoms with Crippen molar-refractivity contribution in [3.8, 4) is 0 Å². The van der Waals surface area contributed by atoms with Crippen molar-refractivity contribution in [2.24, 2.45) is 17.6 Å². The van der Waals surface area contributed by atoms with E-state index in [4.69, 9.17) is 5.73 Å². The molecule has 0 saturated carbocycles. The number of carbonyl (C=O) groups is 1. The average Bonchev–Trinajstić information content (AvgIpc) is 2.42. The molecule has 1 heterocycles. The normalized spacial score (nSPS) is 28.5. The van der Waals surface area contributed by atoms with Crippen molar-refractivity contribution in [3.63, 3.8) is 0 Å². The number of amides is 1. The average molecular weight is 212 g/mol. The topological polar surface area (TPSA) is 46.3 Å². The largest absolute Gasteiger partial charge is 0.338 e. The summed E-state index contributed by atoms with van der Waals surface area (Å²) in [6, 6.07) is 0.0588. The zero-order valence-corrected chi connectivity index (χ0v) is 10.4. The molecule has 15 heavy (non-hydrogen) atoms. The second kappa shape index (κ2) is 4.97. The van der Waals surface area contributed by atoms with E-state index >= 15 is 0 Å². The number of hydrogen-bond donors (Lipinski definition) is 1. The summed E-state index contributed by atoms with van der Waals surface area (Å²) in [5.74, 6) is 1.25. The van der Waals surface area contributed by atoms with Crippen LogP contribution in [0.4, 0.5) is 0 Å². The van der Waals surface area contributed by atoms with E-state index in [9.17, 15) is 4.79 Å². The van der Waals surface area contributed by atoms with E-state index in [0.29, 0.717) is 17.9 Å². The summed E-state index contributed by atoms with van der Waals surface area (Å²) in [4.78, 5) is 14.0. The monoisotopic (exact) mass is 212 g/mol. The SMILES string of the molecule is CC(C)C[C@@H](N)C(=O)N1CC(C)CC1C. The van der Waals surface area contributed by atoms with E-state index in [1.54, 1.807) is 0 Å². The molecule has 0 aromatic heterocycles. The van der Waals surface area contributed by atoms with Crippen LogP contribution >= 0.6 is 0 Å². The third-order valence-electron chi connectivity index (χ3n) is 3.11. The highest BCUT2D eigenvalue weighted by molar-refractivity contribution is 5.82. The Balaban J connectivity index is 2.52. The summed E-state index contributed by atoms with van der Waals surface area (Å²) in [5, 5.41) is 0. The van der Waals surface area contributed by atoms with E-state index in [0.717, 1.165) is 19.4 Å². The Morgan fingerprint density at radius 3 is 2.47 bits per heavy atom. The summed E-state index contributed by atoms with van der Waals surface area (Å²) in [6.45, 7) is 9.39. The van der Waals surface area contributed by atoms with Crippen LogP contribution in [0, 0.1) is 11.8 Å². The first-order chi connectivity index (χ1) is 6.91. The van der Waals surface area contributed by atoms with Gasteiger partial charge in [-0.3, -0.25) is 4.79 Å². The minimum absolute atomic E-state index is 0.139. The van der Waals surface area contributed by atoms with Gasteiger partial charge in [0.25, 0.3) is 0 Å². The summed E-state index contributed by atoms with van der Waals surface area (Å²) >= 11 is 0. The maximum Gasteiger partial charge on any atom is 0.239 e. The number of nitrogens with zero attached hydrogens (tertiary/aromatic N) is 1. The first kappa shape index (κ1) is 12.5. The summed E-state index contributed by atoms with van der Waals surface area (Å²) < 4.78 is 0. The number of rotatable bonds is 3. The molecule has 1 saturated heterocycles. The van der Waals surface area contributed by atoms with Gasteiger partial charge in [0, 0.05) is 12.6 Å². The molecule has 2 N–H and O–H groups in total.